The van der Waals surface area contributed by atoms with Crippen molar-refractivity contribution in [3.63, 3.8) is 0 Å². The van der Waals surface area contributed by atoms with Gasteiger partial charge in [0.05, 0.1) is 7.11 Å². The smallest absolute Gasteiger partial charge is 0.123 e. The van der Waals surface area contributed by atoms with Crippen LogP contribution in [0.3, 0.4) is 0 Å². The minimum absolute atomic E-state index is 0.265. The molecule has 2 aromatic rings. The highest BCUT2D eigenvalue weighted by Gasteiger charge is 2.26. The second-order valence-electron chi connectivity index (χ2n) is 7.83. The molecule has 0 atom stereocenters. The zero-order chi connectivity index (χ0) is 17.9. The van der Waals surface area contributed by atoms with Crippen molar-refractivity contribution in [1.29, 1.82) is 0 Å². The second-order valence-corrected chi connectivity index (χ2v) is 7.83. The molecule has 3 rings (SSSR count). The summed E-state index contributed by atoms with van der Waals surface area (Å²) in [5, 5.41) is 0. The third-order valence-electron chi connectivity index (χ3n) is 5.11. The van der Waals surface area contributed by atoms with Crippen molar-refractivity contribution in [2.24, 2.45) is 0 Å². The van der Waals surface area contributed by atoms with E-state index in [-0.39, 0.29) is 5.54 Å². The largest absolute Gasteiger partial charge is 0.496 e. The summed E-state index contributed by atoms with van der Waals surface area (Å²) in [6, 6.07) is 17.1. The van der Waals surface area contributed by atoms with Crippen molar-refractivity contribution in [3.05, 3.63) is 54.1 Å². The molecule has 0 radical (unpaired) electrons. The molecule has 1 saturated heterocycles. The number of benzene rings is 2. The van der Waals surface area contributed by atoms with Gasteiger partial charge in [0.2, 0.25) is 0 Å². The average Bonchev–Trinajstić information content (AvgIpc) is 2.62. The van der Waals surface area contributed by atoms with Gasteiger partial charge in [0.15, 0.2) is 0 Å². The van der Waals surface area contributed by atoms with E-state index in [4.69, 9.17) is 4.74 Å². The van der Waals surface area contributed by atoms with E-state index >= 15 is 0 Å². The molecule has 1 fully saturated rings. The number of methoxy groups -OCH3 is 1. The van der Waals surface area contributed by atoms with Crippen LogP contribution in [0.25, 0.3) is 11.1 Å². The van der Waals surface area contributed by atoms with Crippen molar-refractivity contribution < 1.29 is 4.74 Å². The van der Waals surface area contributed by atoms with Crippen LogP contribution in [0.1, 0.15) is 26.3 Å². The molecule has 0 N–H and O–H groups in total. The Kier molecular flexibility index (Phi) is 5.45. The van der Waals surface area contributed by atoms with Crippen molar-refractivity contribution in [2.75, 3.05) is 33.3 Å². The molecule has 0 aromatic heterocycles. The molecule has 0 unspecified atom stereocenters. The summed E-state index contributed by atoms with van der Waals surface area (Å²) in [5.74, 6) is 0.986. The number of nitrogens with zero attached hydrogens (tertiary/aromatic N) is 2. The fourth-order valence-electron chi connectivity index (χ4n) is 3.50. The zero-order valence-corrected chi connectivity index (χ0v) is 16.0. The standard InChI is InChI=1S/C22H30N2O/c1-22(2,3)24-14-12-23(13-15-24)17-20-11-10-19(16-21(20)25-4)18-8-6-5-7-9-18/h5-11,16H,12-15,17H2,1-4H3. The van der Waals surface area contributed by atoms with Crippen LogP contribution in [0.15, 0.2) is 48.5 Å². The summed E-state index contributed by atoms with van der Waals surface area (Å²) in [5.41, 5.74) is 3.97. The third-order valence-corrected chi connectivity index (χ3v) is 5.11. The molecule has 1 aliphatic rings. The van der Waals surface area contributed by atoms with Crippen LogP contribution in [0.2, 0.25) is 0 Å². The quantitative estimate of drug-likeness (QED) is 0.827. The summed E-state index contributed by atoms with van der Waals surface area (Å²) < 4.78 is 5.69. The van der Waals surface area contributed by atoms with Crippen molar-refractivity contribution >= 4 is 0 Å². The molecule has 134 valence electrons. The lowest BCUT2D eigenvalue weighted by molar-refractivity contribution is 0.0588. The van der Waals surface area contributed by atoms with Gasteiger partial charge in [-0.05, 0) is 38.0 Å². The molecule has 1 aliphatic heterocycles. The van der Waals surface area contributed by atoms with Crippen LogP contribution >= 0.6 is 0 Å². The van der Waals surface area contributed by atoms with Crippen molar-refractivity contribution in [2.45, 2.75) is 32.9 Å². The predicted molar refractivity (Wildman–Crippen MR) is 105 cm³/mol. The molecule has 0 aliphatic carbocycles. The van der Waals surface area contributed by atoms with Gasteiger partial charge in [0.1, 0.15) is 5.75 Å². The van der Waals surface area contributed by atoms with Crippen LogP contribution in [0, 0.1) is 0 Å². The monoisotopic (exact) mass is 338 g/mol. The van der Waals surface area contributed by atoms with Gasteiger partial charge in [0, 0.05) is 43.8 Å². The van der Waals surface area contributed by atoms with Gasteiger partial charge in [-0.25, -0.2) is 0 Å². The lowest BCUT2D eigenvalue weighted by Crippen LogP contribution is -2.53. The number of ether oxygens (including phenoxy) is 1. The SMILES string of the molecule is COc1cc(-c2ccccc2)ccc1CN1CCN(C(C)(C)C)CC1. The first-order chi connectivity index (χ1) is 12.0. The average molecular weight is 338 g/mol. The molecular formula is C22H30N2O. The Morgan fingerprint density at radius 2 is 1.56 bits per heavy atom. The van der Waals surface area contributed by atoms with E-state index in [9.17, 15) is 0 Å². The maximum absolute atomic E-state index is 5.69. The Balaban J connectivity index is 1.69. The van der Waals surface area contributed by atoms with Crippen LogP contribution in [0.5, 0.6) is 5.75 Å². The minimum Gasteiger partial charge on any atom is -0.496 e. The lowest BCUT2D eigenvalue weighted by atomic mass is 10.0. The molecule has 0 bridgehead atoms. The Labute approximate surface area is 152 Å². The van der Waals surface area contributed by atoms with Crippen LogP contribution in [-0.4, -0.2) is 48.6 Å². The van der Waals surface area contributed by atoms with Crippen LogP contribution in [-0.2, 0) is 6.54 Å². The van der Waals surface area contributed by atoms with E-state index in [1.165, 1.54) is 16.7 Å². The van der Waals surface area contributed by atoms with E-state index in [0.29, 0.717) is 0 Å². The lowest BCUT2D eigenvalue weighted by Gasteiger charge is -2.42. The number of hydrogen-bond acceptors (Lipinski definition) is 3. The normalized spacial score (nSPS) is 16.8. The highest BCUT2D eigenvalue weighted by molar-refractivity contribution is 5.66. The first kappa shape index (κ1) is 18.0. The Bertz CT molecular complexity index is 683. The van der Waals surface area contributed by atoms with Crippen LogP contribution in [0.4, 0.5) is 0 Å². The molecule has 0 spiro atoms. The van der Waals surface area contributed by atoms with E-state index < -0.39 is 0 Å². The van der Waals surface area contributed by atoms with E-state index in [1.807, 2.05) is 6.07 Å². The molecule has 0 amide bonds. The minimum atomic E-state index is 0.265. The van der Waals surface area contributed by atoms with Gasteiger partial charge in [-0.3, -0.25) is 9.80 Å². The molecule has 25 heavy (non-hydrogen) atoms. The molecule has 3 nitrogen and oxygen atoms in total. The first-order valence-electron chi connectivity index (χ1n) is 9.17. The van der Waals surface area contributed by atoms with E-state index in [2.05, 4.69) is 73.0 Å². The summed E-state index contributed by atoms with van der Waals surface area (Å²) in [4.78, 5) is 5.10. The molecule has 0 saturated carbocycles. The summed E-state index contributed by atoms with van der Waals surface area (Å²) >= 11 is 0. The Morgan fingerprint density at radius 3 is 2.16 bits per heavy atom. The number of piperazine rings is 1. The highest BCUT2D eigenvalue weighted by Crippen LogP contribution is 2.28. The summed E-state index contributed by atoms with van der Waals surface area (Å²) in [7, 11) is 1.77. The van der Waals surface area contributed by atoms with E-state index in [1.54, 1.807) is 7.11 Å². The Morgan fingerprint density at radius 1 is 0.880 bits per heavy atom. The summed E-state index contributed by atoms with van der Waals surface area (Å²) in [6.45, 7) is 12.3. The molecule has 2 aromatic carbocycles. The van der Waals surface area contributed by atoms with Gasteiger partial charge < -0.3 is 4.74 Å². The predicted octanol–water partition coefficient (Wildman–Crippen LogP) is 4.28. The first-order valence-corrected chi connectivity index (χ1v) is 9.17. The maximum atomic E-state index is 5.69. The molecule has 1 heterocycles. The van der Waals surface area contributed by atoms with Gasteiger partial charge in [-0.1, -0.05) is 42.5 Å². The number of rotatable bonds is 4. The van der Waals surface area contributed by atoms with Gasteiger partial charge >= 0.3 is 0 Å². The summed E-state index contributed by atoms with van der Waals surface area (Å²) in [6.07, 6.45) is 0. The third kappa shape index (κ3) is 4.42. The van der Waals surface area contributed by atoms with E-state index in [0.717, 1.165) is 38.5 Å². The fourth-order valence-corrected chi connectivity index (χ4v) is 3.50. The van der Waals surface area contributed by atoms with Crippen molar-refractivity contribution in [1.82, 2.24) is 9.80 Å². The topological polar surface area (TPSA) is 15.7 Å². The molecular weight excluding hydrogens is 308 g/mol. The van der Waals surface area contributed by atoms with Gasteiger partial charge in [-0.15, -0.1) is 0 Å². The zero-order valence-electron chi connectivity index (χ0n) is 16.0. The fraction of sp³-hybridized carbons (Fsp3) is 0.455. The number of hydrogen-bond donors (Lipinski definition) is 0. The Hall–Kier alpha value is -1.84. The highest BCUT2D eigenvalue weighted by atomic mass is 16.5. The van der Waals surface area contributed by atoms with Gasteiger partial charge in [-0.2, -0.15) is 0 Å². The van der Waals surface area contributed by atoms with Crippen LogP contribution < -0.4 is 4.74 Å². The van der Waals surface area contributed by atoms with Crippen molar-refractivity contribution in [3.8, 4) is 16.9 Å². The molecule has 3 heteroatoms. The van der Waals surface area contributed by atoms with Gasteiger partial charge in [0.25, 0.3) is 0 Å². The second kappa shape index (κ2) is 7.59. The maximum Gasteiger partial charge on any atom is 0.123 e.